The maximum Gasteiger partial charge on any atom is 0.271 e. The van der Waals surface area contributed by atoms with Crippen LogP contribution in [0.25, 0.3) is 0 Å². The van der Waals surface area contributed by atoms with Crippen molar-refractivity contribution in [1.29, 1.82) is 0 Å². The number of benzene rings is 1. The number of H-pyrrole nitrogens is 1. The van der Waals surface area contributed by atoms with Crippen molar-refractivity contribution in [3.8, 4) is 5.75 Å². The summed E-state index contributed by atoms with van der Waals surface area (Å²) in [6.45, 7) is 0.418. The molecule has 1 aromatic carbocycles. The van der Waals surface area contributed by atoms with Gasteiger partial charge >= 0.3 is 0 Å². The van der Waals surface area contributed by atoms with Gasteiger partial charge in [-0.25, -0.2) is 0 Å². The molecule has 6 nitrogen and oxygen atoms in total. The molecule has 1 amide bonds. The fourth-order valence-electron chi connectivity index (χ4n) is 1.49. The molecule has 18 heavy (non-hydrogen) atoms. The molecule has 0 atom stereocenters. The zero-order valence-electron chi connectivity index (χ0n) is 9.93. The summed E-state index contributed by atoms with van der Waals surface area (Å²) in [4.78, 5) is 11.7. The molecule has 1 aromatic heterocycles. The van der Waals surface area contributed by atoms with E-state index in [9.17, 15) is 4.79 Å². The number of hydrogen-bond donors (Lipinski definition) is 3. The molecule has 6 heteroatoms. The normalized spacial score (nSPS) is 10.1. The Morgan fingerprint density at radius 1 is 1.50 bits per heavy atom. The second kappa shape index (κ2) is 5.22. The fraction of sp³-hybridized carbons (Fsp3) is 0.167. The third kappa shape index (κ3) is 2.60. The number of carbonyl (C=O) groups is 1. The van der Waals surface area contributed by atoms with Crippen molar-refractivity contribution in [3.63, 3.8) is 0 Å². The number of ether oxygens (including phenoxy) is 1. The summed E-state index contributed by atoms with van der Waals surface area (Å²) in [6, 6.07) is 7.45. The zero-order chi connectivity index (χ0) is 13.0. The fourth-order valence-corrected chi connectivity index (χ4v) is 1.49. The van der Waals surface area contributed by atoms with Crippen molar-refractivity contribution in [2.45, 2.75) is 6.54 Å². The second-order valence-electron chi connectivity index (χ2n) is 3.73. The molecular weight excluding hydrogens is 232 g/mol. The zero-order valence-corrected chi connectivity index (χ0v) is 9.93. The number of nitrogens with two attached hydrogens (primary N) is 1. The Morgan fingerprint density at radius 3 is 2.78 bits per heavy atom. The average molecular weight is 248 g/mol. The van der Waals surface area contributed by atoms with Gasteiger partial charge in [0.2, 0.25) is 0 Å². The van der Waals surface area contributed by atoms with Crippen molar-refractivity contribution in [3.05, 3.63) is 41.7 Å². The standard InChI is InChI=1S/C12H14N4O2.H2/c1-18-9-4-2-8(3-5-9)6-14-12(17)11-10(13)7-15-16-11;/h2-5,7H,6,13H2,1H3,(H,14,17)(H,15,16);1H. The quantitative estimate of drug-likeness (QED) is 0.757. The Bertz CT molecular complexity index is 539. The molecule has 0 unspecified atom stereocenters. The highest BCUT2D eigenvalue weighted by atomic mass is 16.5. The van der Waals surface area contributed by atoms with Gasteiger partial charge in [0.15, 0.2) is 0 Å². The van der Waals surface area contributed by atoms with Crippen LogP contribution in [0.1, 0.15) is 17.5 Å². The van der Waals surface area contributed by atoms with Crippen LogP contribution in [0, 0.1) is 0 Å². The van der Waals surface area contributed by atoms with Gasteiger partial charge in [0.1, 0.15) is 11.4 Å². The molecular formula is C12H16N4O2. The smallest absolute Gasteiger partial charge is 0.271 e. The number of hydrogen-bond acceptors (Lipinski definition) is 4. The van der Waals surface area contributed by atoms with Gasteiger partial charge < -0.3 is 15.8 Å². The lowest BCUT2D eigenvalue weighted by molar-refractivity contribution is 0.0947. The van der Waals surface area contributed by atoms with Crippen LogP contribution in [-0.4, -0.2) is 23.2 Å². The highest BCUT2D eigenvalue weighted by Gasteiger charge is 2.10. The minimum absolute atomic E-state index is 0. The number of anilines is 1. The van der Waals surface area contributed by atoms with Gasteiger partial charge in [-0.05, 0) is 17.7 Å². The Balaban J connectivity index is 0.00000180. The first-order valence-corrected chi connectivity index (χ1v) is 5.40. The molecule has 96 valence electrons. The van der Waals surface area contributed by atoms with E-state index in [0.29, 0.717) is 12.2 Å². The maximum atomic E-state index is 11.7. The molecule has 0 saturated carbocycles. The van der Waals surface area contributed by atoms with Crippen LogP contribution < -0.4 is 15.8 Å². The number of nitrogen functional groups attached to an aromatic ring is 1. The van der Waals surface area contributed by atoms with Crippen LogP contribution in [0.2, 0.25) is 0 Å². The van der Waals surface area contributed by atoms with E-state index in [-0.39, 0.29) is 13.0 Å². The number of amides is 1. The summed E-state index contributed by atoms with van der Waals surface area (Å²) in [5.41, 5.74) is 7.17. The van der Waals surface area contributed by atoms with Crippen molar-refractivity contribution in [2.75, 3.05) is 12.8 Å². The number of aromatic amines is 1. The van der Waals surface area contributed by atoms with E-state index in [1.54, 1.807) is 7.11 Å². The second-order valence-corrected chi connectivity index (χ2v) is 3.73. The molecule has 0 aliphatic carbocycles. The van der Waals surface area contributed by atoms with Crippen molar-refractivity contribution >= 4 is 11.6 Å². The van der Waals surface area contributed by atoms with E-state index in [2.05, 4.69) is 15.5 Å². The summed E-state index contributed by atoms with van der Waals surface area (Å²) in [7, 11) is 1.61. The molecule has 0 saturated heterocycles. The van der Waals surface area contributed by atoms with E-state index in [1.807, 2.05) is 24.3 Å². The van der Waals surface area contributed by atoms with Crippen LogP contribution in [0.4, 0.5) is 5.69 Å². The lowest BCUT2D eigenvalue weighted by atomic mass is 10.2. The number of nitrogens with one attached hydrogen (secondary N) is 2. The first-order valence-electron chi connectivity index (χ1n) is 5.40. The van der Waals surface area contributed by atoms with Crippen molar-refractivity contribution in [1.82, 2.24) is 15.5 Å². The van der Waals surface area contributed by atoms with Gasteiger partial charge in [-0.1, -0.05) is 12.1 Å². The van der Waals surface area contributed by atoms with Crippen molar-refractivity contribution < 1.29 is 11.0 Å². The summed E-state index contributed by atoms with van der Waals surface area (Å²) in [6.07, 6.45) is 1.41. The lowest BCUT2D eigenvalue weighted by Crippen LogP contribution is -2.24. The molecule has 0 aliphatic rings. The van der Waals surface area contributed by atoms with E-state index in [0.717, 1.165) is 11.3 Å². The molecule has 0 spiro atoms. The number of rotatable bonds is 4. The summed E-state index contributed by atoms with van der Waals surface area (Å²) >= 11 is 0. The molecule has 0 bridgehead atoms. The van der Waals surface area contributed by atoms with Crippen molar-refractivity contribution in [2.24, 2.45) is 0 Å². The molecule has 0 fully saturated rings. The SMILES string of the molecule is COc1ccc(CNC(=O)c2[nH]ncc2N)cc1.[HH]. The predicted octanol–water partition coefficient (Wildman–Crippen LogP) is 1.18. The third-order valence-electron chi connectivity index (χ3n) is 2.51. The van der Waals surface area contributed by atoms with E-state index in [4.69, 9.17) is 10.5 Å². The number of carbonyl (C=O) groups excluding carboxylic acids is 1. The van der Waals surface area contributed by atoms with Gasteiger partial charge in [-0.15, -0.1) is 0 Å². The lowest BCUT2D eigenvalue weighted by Gasteiger charge is -2.05. The Labute approximate surface area is 106 Å². The van der Waals surface area contributed by atoms with Gasteiger partial charge in [-0.2, -0.15) is 5.10 Å². The highest BCUT2D eigenvalue weighted by Crippen LogP contribution is 2.11. The number of aromatic nitrogens is 2. The number of nitrogens with zero attached hydrogens (tertiary/aromatic N) is 1. The summed E-state index contributed by atoms with van der Waals surface area (Å²) in [5, 5.41) is 8.99. The molecule has 2 aromatic rings. The molecule has 4 N–H and O–H groups in total. The van der Waals surface area contributed by atoms with Crippen LogP contribution >= 0.6 is 0 Å². The van der Waals surface area contributed by atoms with Crippen LogP contribution in [0.3, 0.4) is 0 Å². The minimum atomic E-state index is -0.277. The Morgan fingerprint density at radius 2 is 2.22 bits per heavy atom. The largest absolute Gasteiger partial charge is 0.497 e. The first-order chi connectivity index (χ1) is 8.70. The van der Waals surface area contributed by atoms with Gasteiger partial charge in [0.25, 0.3) is 5.91 Å². The minimum Gasteiger partial charge on any atom is -0.497 e. The molecule has 1 heterocycles. The van der Waals surface area contributed by atoms with Crippen LogP contribution in [0.15, 0.2) is 30.5 Å². The first kappa shape index (κ1) is 12.0. The maximum absolute atomic E-state index is 11.7. The van der Waals surface area contributed by atoms with E-state index in [1.165, 1.54) is 6.20 Å². The average Bonchev–Trinajstić information content (AvgIpc) is 2.83. The Kier molecular flexibility index (Phi) is 3.47. The topological polar surface area (TPSA) is 93.0 Å². The Hall–Kier alpha value is -2.50. The third-order valence-corrected chi connectivity index (χ3v) is 2.51. The van der Waals surface area contributed by atoms with E-state index < -0.39 is 0 Å². The molecule has 0 aliphatic heterocycles. The van der Waals surface area contributed by atoms with Gasteiger partial charge in [-0.3, -0.25) is 9.89 Å². The van der Waals surface area contributed by atoms with Gasteiger partial charge in [0, 0.05) is 7.97 Å². The van der Waals surface area contributed by atoms with Crippen LogP contribution in [0.5, 0.6) is 5.75 Å². The number of methoxy groups -OCH3 is 1. The monoisotopic (exact) mass is 248 g/mol. The predicted molar refractivity (Wildman–Crippen MR) is 69.3 cm³/mol. The van der Waals surface area contributed by atoms with Gasteiger partial charge in [0.05, 0.1) is 19.0 Å². The molecule has 2 rings (SSSR count). The van der Waals surface area contributed by atoms with Crippen LogP contribution in [-0.2, 0) is 6.54 Å². The van der Waals surface area contributed by atoms with E-state index >= 15 is 0 Å². The summed E-state index contributed by atoms with van der Waals surface area (Å²) in [5.74, 6) is 0.503. The molecule has 0 radical (unpaired) electrons. The highest BCUT2D eigenvalue weighted by molar-refractivity contribution is 5.96. The summed E-state index contributed by atoms with van der Waals surface area (Å²) < 4.78 is 5.05.